The summed E-state index contributed by atoms with van der Waals surface area (Å²) in [5.74, 6) is 0.238. The molecule has 1 aliphatic carbocycles. The van der Waals surface area contributed by atoms with Crippen molar-refractivity contribution in [3.8, 4) is 0 Å². The van der Waals surface area contributed by atoms with E-state index in [1.54, 1.807) is 6.92 Å². The van der Waals surface area contributed by atoms with Gasteiger partial charge in [-0.15, -0.1) is 0 Å². The third-order valence-corrected chi connectivity index (χ3v) is 1.74. The van der Waals surface area contributed by atoms with Gasteiger partial charge in [-0.2, -0.15) is 0 Å². The number of hydrogen-bond donors (Lipinski definition) is 1. The van der Waals surface area contributed by atoms with Crippen LogP contribution in [0.1, 0.15) is 26.2 Å². The maximum Gasteiger partial charge on any atom is 0.143 e. The lowest BCUT2D eigenvalue weighted by Crippen LogP contribution is -2.37. The van der Waals surface area contributed by atoms with Crippen molar-refractivity contribution < 1.29 is 4.79 Å². The number of ketones is 1. The second kappa shape index (κ2) is 2.97. The molecule has 2 nitrogen and oxygen atoms in total. The number of carbonyl (C=O) groups is 1. The Labute approximate surface area is 55.6 Å². The Hall–Kier alpha value is -0.370. The van der Waals surface area contributed by atoms with Crippen LogP contribution >= 0.6 is 0 Å². The highest BCUT2D eigenvalue weighted by Crippen LogP contribution is 2.17. The molecular formula is C7H13NO. The van der Waals surface area contributed by atoms with Crippen molar-refractivity contribution in [3.63, 3.8) is 0 Å². The fourth-order valence-corrected chi connectivity index (χ4v) is 0.900. The molecule has 1 aliphatic rings. The Kier molecular flexibility index (Phi) is 2.22. The van der Waals surface area contributed by atoms with E-state index in [0.717, 1.165) is 0 Å². The van der Waals surface area contributed by atoms with Crippen molar-refractivity contribution in [2.45, 2.75) is 32.2 Å². The smallest absolute Gasteiger partial charge is 0.143 e. The zero-order valence-electron chi connectivity index (χ0n) is 5.81. The molecule has 0 heterocycles. The predicted octanol–water partition coefficient (Wildman–Crippen LogP) is 0.718. The molecule has 0 aromatic heterocycles. The summed E-state index contributed by atoms with van der Waals surface area (Å²) in [5, 5.41) is 3.17. The summed E-state index contributed by atoms with van der Waals surface area (Å²) in [6.45, 7) is 2.18. The van der Waals surface area contributed by atoms with Gasteiger partial charge in [0.2, 0.25) is 0 Å². The van der Waals surface area contributed by atoms with Crippen LogP contribution in [0.3, 0.4) is 0 Å². The molecular weight excluding hydrogens is 114 g/mol. The minimum atomic E-state index is 0.238. The summed E-state index contributed by atoms with van der Waals surface area (Å²) in [4.78, 5) is 10.4. The molecule has 0 unspecified atom stereocenters. The fraction of sp³-hybridized carbons (Fsp3) is 0.857. The maximum atomic E-state index is 10.4. The van der Waals surface area contributed by atoms with Crippen molar-refractivity contribution in [3.05, 3.63) is 0 Å². The Morgan fingerprint density at radius 1 is 1.67 bits per heavy atom. The zero-order valence-corrected chi connectivity index (χ0v) is 5.81. The highest BCUT2D eigenvalue weighted by atomic mass is 16.1. The van der Waals surface area contributed by atoms with E-state index >= 15 is 0 Å². The maximum absolute atomic E-state index is 10.4. The van der Waals surface area contributed by atoms with Crippen molar-refractivity contribution >= 4 is 5.78 Å². The first kappa shape index (κ1) is 6.75. The summed E-state index contributed by atoms with van der Waals surface area (Å²) in [5.41, 5.74) is 0. The molecule has 1 saturated carbocycles. The number of hydrogen-bond acceptors (Lipinski definition) is 2. The van der Waals surface area contributed by atoms with E-state index in [9.17, 15) is 4.79 Å². The van der Waals surface area contributed by atoms with Crippen LogP contribution in [0.15, 0.2) is 0 Å². The molecule has 0 atom stereocenters. The normalized spacial score (nSPS) is 19.2. The minimum absolute atomic E-state index is 0.238. The van der Waals surface area contributed by atoms with Gasteiger partial charge in [-0.1, -0.05) is 6.42 Å². The van der Waals surface area contributed by atoms with Gasteiger partial charge in [0.15, 0.2) is 0 Å². The van der Waals surface area contributed by atoms with Gasteiger partial charge in [0.1, 0.15) is 5.78 Å². The van der Waals surface area contributed by atoms with Crippen molar-refractivity contribution in [1.29, 1.82) is 0 Å². The molecule has 1 rings (SSSR count). The summed E-state index contributed by atoms with van der Waals surface area (Å²) in [6.07, 6.45) is 3.84. The summed E-state index contributed by atoms with van der Waals surface area (Å²) >= 11 is 0. The fourth-order valence-electron chi connectivity index (χ4n) is 0.900. The molecule has 0 amide bonds. The van der Waals surface area contributed by atoms with Crippen molar-refractivity contribution in [2.75, 3.05) is 6.54 Å². The van der Waals surface area contributed by atoms with E-state index in [2.05, 4.69) is 5.32 Å². The Morgan fingerprint density at radius 2 is 2.33 bits per heavy atom. The molecule has 0 bridgehead atoms. The summed E-state index contributed by atoms with van der Waals surface area (Å²) < 4.78 is 0. The molecule has 52 valence electrons. The zero-order chi connectivity index (χ0) is 6.69. The first-order valence-corrected chi connectivity index (χ1v) is 3.52. The molecule has 0 aliphatic heterocycles. The first-order chi connectivity index (χ1) is 4.29. The lowest BCUT2D eigenvalue weighted by atomic mass is 9.93. The van der Waals surface area contributed by atoms with Crippen molar-refractivity contribution in [1.82, 2.24) is 5.32 Å². The highest BCUT2D eigenvalue weighted by Gasteiger charge is 2.15. The van der Waals surface area contributed by atoms with E-state index in [4.69, 9.17) is 0 Å². The Bertz CT molecular complexity index is 107. The van der Waals surface area contributed by atoms with E-state index in [1.807, 2.05) is 0 Å². The van der Waals surface area contributed by atoms with Gasteiger partial charge in [0.05, 0.1) is 6.54 Å². The topological polar surface area (TPSA) is 29.1 Å². The third-order valence-electron chi connectivity index (χ3n) is 1.74. The molecule has 0 spiro atoms. The van der Waals surface area contributed by atoms with Crippen LogP contribution in [0.25, 0.3) is 0 Å². The van der Waals surface area contributed by atoms with Crippen LogP contribution in [-0.2, 0) is 4.79 Å². The highest BCUT2D eigenvalue weighted by molar-refractivity contribution is 5.77. The van der Waals surface area contributed by atoms with E-state index in [0.29, 0.717) is 12.6 Å². The van der Waals surface area contributed by atoms with Gasteiger partial charge in [0.25, 0.3) is 0 Å². The molecule has 2 heteroatoms. The standard InChI is InChI=1S/C7H13NO/c1-6(9)5-8-7-3-2-4-7/h7-8H,2-5H2,1H3. The molecule has 9 heavy (non-hydrogen) atoms. The Balaban J connectivity index is 1.97. The van der Waals surface area contributed by atoms with Gasteiger partial charge in [0, 0.05) is 6.04 Å². The largest absolute Gasteiger partial charge is 0.307 e. The lowest BCUT2D eigenvalue weighted by molar-refractivity contribution is -0.116. The summed E-state index contributed by atoms with van der Waals surface area (Å²) in [7, 11) is 0. The molecule has 0 aromatic carbocycles. The van der Waals surface area contributed by atoms with Crippen LogP contribution < -0.4 is 5.32 Å². The van der Waals surface area contributed by atoms with Gasteiger partial charge in [-0.3, -0.25) is 4.79 Å². The van der Waals surface area contributed by atoms with E-state index in [1.165, 1.54) is 19.3 Å². The third kappa shape index (κ3) is 2.14. The van der Waals surface area contributed by atoms with Gasteiger partial charge in [-0.25, -0.2) is 0 Å². The number of nitrogens with one attached hydrogen (secondary N) is 1. The molecule has 1 N–H and O–H groups in total. The number of Topliss-reactive ketones (excluding diaryl/α,β-unsaturated/α-hetero) is 1. The predicted molar refractivity (Wildman–Crippen MR) is 36.3 cm³/mol. The first-order valence-electron chi connectivity index (χ1n) is 3.52. The van der Waals surface area contributed by atoms with Crippen molar-refractivity contribution in [2.24, 2.45) is 0 Å². The second-order valence-electron chi connectivity index (χ2n) is 2.71. The average Bonchev–Trinajstić information content (AvgIpc) is 1.60. The Morgan fingerprint density at radius 3 is 2.67 bits per heavy atom. The number of carbonyl (C=O) groups excluding carboxylic acids is 1. The average molecular weight is 127 g/mol. The molecule has 1 fully saturated rings. The van der Waals surface area contributed by atoms with Crippen LogP contribution in [0.4, 0.5) is 0 Å². The quantitative estimate of drug-likeness (QED) is 0.605. The monoisotopic (exact) mass is 127 g/mol. The van der Waals surface area contributed by atoms with Crippen LogP contribution in [0.5, 0.6) is 0 Å². The van der Waals surface area contributed by atoms with Crippen LogP contribution in [0, 0.1) is 0 Å². The van der Waals surface area contributed by atoms with Crippen LogP contribution in [0.2, 0.25) is 0 Å². The second-order valence-corrected chi connectivity index (χ2v) is 2.71. The molecule has 0 aromatic rings. The SMILES string of the molecule is CC(=O)CNC1CCC1. The number of rotatable bonds is 3. The minimum Gasteiger partial charge on any atom is -0.307 e. The van der Waals surface area contributed by atoms with Gasteiger partial charge in [-0.05, 0) is 19.8 Å². The molecule has 0 saturated heterocycles. The van der Waals surface area contributed by atoms with E-state index < -0.39 is 0 Å². The molecule has 0 radical (unpaired) electrons. The summed E-state index contributed by atoms with van der Waals surface area (Å²) in [6, 6.07) is 0.647. The van der Waals surface area contributed by atoms with E-state index in [-0.39, 0.29) is 5.78 Å². The van der Waals surface area contributed by atoms with Crippen LogP contribution in [-0.4, -0.2) is 18.4 Å². The van der Waals surface area contributed by atoms with Gasteiger partial charge < -0.3 is 5.32 Å². The van der Waals surface area contributed by atoms with Gasteiger partial charge >= 0.3 is 0 Å². The lowest BCUT2D eigenvalue weighted by Gasteiger charge is -2.25.